The summed E-state index contributed by atoms with van der Waals surface area (Å²) in [5, 5.41) is 15.3. The largest absolute Gasteiger partial charge is 0.318 e. The maximum atomic E-state index is 12.9. The molecule has 0 radical (unpaired) electrons. The standard InChI is InChI=1S/C24H20N6O2/c25-21(23(31)15-5-7-19-17(9-15)11-27-29-19)13-1-2-14(4-3-13)22(26)24(32)16-6-8-20-18(10-16)12-28-30-20/h1-12,21-22H,25-26H2,(H,27,29)(H,28,30). The van der Waals surface area contributed by atoms with Gasteiger partial charge in [-0.2, -0.15) is 10.2 Å². The summed E-state index contributed by atoms with van der Waals surface area (Å²) in [6, 6.07) is 15.9. The second-order valence-corrected chi connectivity index (χ2v) is 7.69. The van der Waals surface area contributed by atoms with Gasteiger partial charge in [0, 0.05) is 21.9 Å². The monoisotopic (exact) mass is 424 g/mol. The molecule has 2 atom stereocenters. The number of carbonyl (C=O) groups excluding carboxylic acids is 2. The number of aromatic amines is 2. The van der Waals surface area contributed by atoms with Gasteiger partial charge in [0.25, 0.3) is 0 Å². The van der Waals surface area contributed by atoms with E-state index in [1.54, 1.807) is 73.1 Å². The molecule has 0 bridgehead atoms. The first kappa shape index (κ1) is 19.8. The molecule has 5 rings (SSSR count). The van der Waals surface area contributed by atoms with Crippen LogP contribution in [0.1, 0.15) is 43.9 Å². The summed E-state index contributed by atoms with van der Waals surface area (Å²) in [5.41, 5.74) is 16.5. The molecule has 0 saturated heterocycles. The van der Waals surface area contributed by atoms with E-state index >= 15 is 0 Å². The van der Waals surface area contributed by atoms with Gasteiger partial charge in [-0.3, -0.25) is 19.8 Å². The number of aromatic nitrogens is 4. The van der Waals surface area contributed by atoms with Crippen LogP contribution in [0.5, 0.6) is 0 Å². The molecule has 8 nitrogen and oxygen atoms in total. The highest BCUT2D eigenvalue weighted by atomic mass is 16.1. The highest BCUT2D eigenvalue weighted by Crippen LogP contribution is 2.23. The Kier molecular flexibility index (Phi) is 4.85. The van der Waals surface area contributed by atoms with Gasteiger partial charge in [-0.15, -0.1) is 0 Å². The predicted molar refractivity (Wildman–Crippen MR) is 121 cm³/mol. The molecular weight excluding hydrogens is 404 g/mol. The van der Waals surface area contributed by atoms with Crippen LogP contribution in [0.25, 0.3) is 21.8 Å². The van der Waals surface area contributed by atoms with Crippen LogP contribution in [0.3, 0.4) is 0 Å². The number of carbonyl (C=O) groups is 2. The number of ketones is 2. The van der Waals surface area contributed by atoms with Gasteiger partial charge in [0.05, 0.1) is 35.5 Å². The van der Waals surface area contributed by atoms with Crippen LogP contribution in [0.2, 0.25) is 0 Å². The van der Waals surface area contributed by atoms with Gasteiger partial charge in [-0.25, -0.2) is 0 Å². The molecular formula is C24H20N6O2. The Morgan fingerprint density at radius 1 is 0.656 bits per heavy atom. The summed E-state index contributed by atoms with van der Waals surface area (Å²) < 4.78 is 0. The van der Waals surface area contributed by atoms with Crippen LogP contribution >= 0.6 is 0 Å². The minimum absolute atomic E-state index is 0.199. The minimum Gasteiger partial charge on any atom is -0.318 e. The van der Waals surface area contributed by atoms with Crippen molar-refractivity contribution in [3.8, 4) is 0 Å². The first-order valence-corrected chi connectivity index (χ1v) is 10.1. The number of nitrogens with zero attached hydrogens (tertiary/aromatic N) is 2. The summed E-state index contributed by atoms with van der Waals surface area (Å²) in [4.78, 5) is 25.7. The predicted octanol–water partition coefficient (Wildman–Crippen LogP) is 3.20. The Morgan fingerprint density at radius 2 is 1.06 bits per heavy atom. The molecule has 6 N–H and O–H groups in total. The van der Waals surface area contributed by atoms with Gasteiger partial charge >= 0.3 is 0 Å². The fourth-order valence-corrected chi connectivity index (χ4v) is 3.76. The van der Waals surface area contributed by atoms with Crippen molar-refractivity contribution in [3.63, 3.8) is 0 Å². The van der Waals surface area contributed by atoms with E-state index < -0.39 is 12.1 Å². The second-order valence-electron chi connectivity index (χ2n) is 7.69. The Hall–Kier alpha value is -4.14. The van der Waals surface area contributed by atoms with Crippen LogP contribution in [0.4, 0.5) is 0 Å². The third kappa shape index (κ3) is 3.47. The van der Waals surface area contributed by atoms with Crippen molar-refractivity contribution >= 4 is 33.4 Å². The average Bonchev–Trinajstić information content (AvgIpc) is 3.50. The van der Waals surface area contributed by atoms with Gasteiger partial charge in [-0.1, -0.05) is 24.3 Å². The van der Waals surface area contributed by atoms with Gasteiger partial charge in [0.1, 0.15) is 0 Å². The van der Waals surface area contributed by atoms with E-state index in [-0.39, 0.29) is 11.6 Å². The SMILES string of the molecule is NC(C(=O)c1ccc2[nH]ncc2c1)c1ccc(C(N)C(=O)c2ccc3[nH]ncc3c2)cc1. The van der Waals surface area contributed by atoms with E-state index in [0.29, 0.717) is 22.3 Å². The number of Topliss-reactive ketones (excluding diaryl/α,β-unsaturated/α-hetero) is 2. The summed E-state index contributed by atoms with van der Waals surface area (Å²) in [6.07, 6.45) is 3.32. The van der Waals surface area contributed by atoms with Crippen molar-refractivity contribution in [1.82, 2.24) is 20.4 Å². The first-order valence-electron chi connectivity index (χ1n) is 10.1. The summed E-state index contributed by atoms with van der Waals surface area (Å²) >= 11 is 0. The lowest BCUT2D eigenvalue weighted by Gasteiger charge is -2.15. The van der Waals surface area contributed by atoms with E-state index in [4.69, 9.17) is 11.5 Å². The second kappa shape index (κ2) is 7.84. The number of benzene rings is 3. The number of H-pyrrole nitrogens is 2. The normalized spacial score (nSPS) is 13.3. The van der Waals surface area contributed by atoms with Crippen molar-refractivity contribution in [2.24, 2.45) is 11.5 Å². The highest BCUT2D eigenvalue weighted by Gasteiger charge is 2.21. The zero-order valence-corrected chi connectivity index (χ0v) is 16.9. The highest BCUT2D eigenvalue weighted by molar-refractivity contribution is 6.04. The van der Waals surface area contributed by atoms with Crippen molar-refractivity contribution in [2.45, 2.75) is 12.1 Å². The van der Waals surface area contributed by atoms with Crippen molar-refractivity contribution < 1.29 is 9.59 Å². The van der Waals surface area contributed by atoms with Crippen LogP contribution in [-0.4, -0.2) is 32.0 Å². The Balaban J connectivity index is 1.34. The van der Waals surface area contributed by atoms with Crippen LogP contribution < -0.4 is 11.5 Å². The molecule has 2 aromatic heterocycles. The molecule has 0 aliphatic heterocycles. The van der Waals surface area contributed by atoms with Gasteiger partial charge in [0.15, 0.2) is 11.6 Å². The fraction of sp³-hybridized carbons (Fsp3) is 0.0833. The van der Waals surface area contributed by atoms with E-state index in [9.17, 15) is 9.59 Å². The third-order valence-corrected chi connectivity index (χ3v) is 5.67. The molecule has 2 unspecified atom stereocenters. The first-order chi connectivity index (χ1) is 15.5. The zero-order chi connectivity index (χ0) is 22.2. The minimum atomic E-state index is -0.830. The van der Waals surface area contributed by atoms with Gasteiger partial charge in [-0.05, 0) is 47.5 Å². The molecule has 0 fully saturated rings. The number of hydrogen-bond donors (Lipinski definition) is 4. The average molecular weight is 424 g/mol. The molecule has 8 heteroatoms. The molecule has 0 spiro atoms. The summed E-state index contributed by atoms with van der Waals surface area (Å²) in [7, 11) is 0. The molecule has 0 aliphatic rings. The summed E-state index contributed by atoms with van der Waals surface area (Å²) in [5.74, 6) is -0.399. The van der Waals surface area contributed by atoms with Gasteiger partial charge in [0.2, 0.25) is 0 Å². The number of hydrogen-bond acceptors (Lipinski definition) is 6. The lowest BCUT2D eigenvalue weighted by molar-refractivity contribution is 0.0952. The third-order valence-electron chi connectivity index (χ3n) is 5.67. The molecule has 0 amide bonds. The van der Waals surface area contributed by atoms with E-state index in [1.165, 1.54) is 0 Å². The van der Waals surface area contributed by atoms with Crippen LogP contribution in [0, 0.1) is 0 Å². The Morgan fingerprint density at radius 3 is 1.47 bits per heavy atom. The molecule has 3 aromatic carbocycles. The smallest absolute Gasteiger partial charge is 0.184 e. The van der Waals surface area contributed by atoms with Crippen molar-refractivity contribution in [1.29, 1.82) is 0 Å². The van der Waals surface area contributed by atoms with Crippen molar-refractivity contribution in [2.75, 3.05) is 0 Å². The van der Waals surface area contributed by atoms with Crippen LogP contribution in [-0.2, 0) is 0 Å². The lowest BCUT2D eigenvalue weighted by Crippen LogP contribution is -2.23. The Labute approximate surface area is 182 Å². The van der Waals surface area contributed by atoms with E-state index in [1.807, 2.05) is 0 Å². The molecule has 5 aromatic rings. The number of fused-ring (bicyclic) bond motifs is 2. The number of rotatable bonds is 6. The molecule has 0 saturated carbocycles. The van der Waals surface area contributed by atoms with E-state index in [2.05, 4.69) is 20.4 Å². The molecule has 2 heterocycles. The topological polar surface area (TPSA) is 144 Å². The lowest BCUT2D eigenvalue weighted by atomic mass is 9.93. The van der Waals surface area contributed by atoms with Gasteiger partial charge < -0.3 is 11.5 Å². The molecule has 32 heavy (non-hydrogen) atoms. The maximum Gasteiger partial charge on any atom is 0.184 e. The van der Waals surface area contributed by atoms with Crippen LogP contribution in [0.15, 0.2) is 73.1 Å². The van der Waals surface area contributed by atoms with Crippen molar-refractivity contribution in [3.05, 3.63) is 95.3 Å². The molecule has 158 valence electrons. The maximum absolute atomic E-state index is 12.9. The summed E-state index contributed by atoms with van der Waals surface area (Å²) in [6.45, 7) is 0. The number of nitrogens with one attached hydrogen (secondary N) is 2. The quantitative estimate of drug-likeness (QED) is 0.308. The zero-order valence-electron chi connectivity index (χ0n) is 16.9. The number of nitrogens with two attached hydrogens (primary N) is 2. The van der Waals surface area contributed by atoms with E-state index in [0.717, 1.165) is 21.8 Å². The molecule has 0 aliphatic carbocycles. The fourth-order valence-electron chi connectivity index (χ4n) is 3.76. The Bertz CT molecular complexity index is 1340.